The molecule has 138 valence electrons. The van der Waals surface area contributed by atoms with Crippen LogP contribution in [0.5, 0.6) is 11.5 Å². The van der Waals surface area contributed by atoms with Crippen molar-refractivity contribution in [3.05, 3.63) is 45.6 Å². The molecule has 1 N–H and O–H groups in total. The third kappa shape index (κ3) is 3.19. The zero-order valence-corrected chi connectivity index (χ0v) is 16.0. The number of hydrogen-bond acceptors (Lipinski definition) is 5. The molecular formula is C20H24N2O3S. The Kier molecular flexibility index (Phi) is 4.87. The van der Waals surface area contributed by atoms with Crippen LogP contribution in [0.2, 0.25) is 0 Å². The Labute approximate surface area is 157 Å². The molecular weight excluding hydrogens is 348 g/mol. The molecule has 2 aromatic rings. The lowest BCUT2D eigenvalue weighted by atomic mass is 9.90. The van der Waals surface area contributed by atoms with Gasteiger partial charge in [0.2, 0.25) is 5.91 Å². The van der Waals surface area contributed by atoms with Crippen LogP contribution in [0.1, 0.15) is 34.9 Å². The van der Waals surface area contributed by atoms with Gasteiger partial charge >= 0.3 is 0 Å². The molecule has 3 heterocycles. The van der Waals surface area contributed by atoms with Gasteiger partial charge in [-0.3, -0.25) is 9.69 Å². The number of carbonyl (C=O) groups excluding carboxylic acids is 1. The lowest BCUT2D eigenvalue weighted by Gasteiger charge is -2.38. The number of thiophene rings is 1. The molecule has 2 aliphatic heterocycles. The van der Waals surface area contributed by atoms with Crippen molar-refractivity contribution in [3.8, 4) is 11.5 Å². The van der Waals surface area contributed by atoms with Gasteiger partial charge in [-0.1, -0.05) is 6.07 Å². The molecule has 1 aromatic heterocycles. The second-order valence-corrected chi connectivity index (χ2v) is 7.85. The van der Waals surface area contributed by atoms with Crippen LogP contribution in [-0.2, 0) is 11.2 Å². The fraction of sp³-hybridized carbons (Fsp3) is 0.450. The van der Waals surface area contributed by atoms with E-state index in [0.717, 1.165) is 37.4 Å². The number of hydrogen-bond donors (Lipinski definition) is 1. The van der Waals surface area contributed by atoms with Gasteiger partial charge in [0.05, 0.1) is 20.3 Å². The van der Waals surface area contributed by atoms with Crippen LogP contribution < -0.4 is 14.8 Å². The standard InChI is InChI=1S/C20H24N2O3S/c1-24-16-10-13-7-8-22(12-14-5-6-19(23)21-14)20(18-4-3-9-26-18)15(13)11-17(16)25-2/h3-4,9-11,14,20H,5-8,12H2,1-2H3,(H,21,23)/t14-,20-/m0/s1. The summed E-state index contributed by atoms with van der Waals surface area (Å²) >= 11 is 1.78. The van der Waals surface area contributed by atoms with Crippen molar-refractivity contribution in [3.63, 3.8) is 0 Å². The van der Waals surface area contributed by atoms with Crippen molar-refractivity contribution in [2.24, 2.45) is 0 Å². The third-order valence-corrected chi connectivity index (χ3v) is 6.25. The molecule has 0 radical (unpaired) electrons. The van der Waals surface area contributed by atoms with Crippen molar-refractivity contribution in [1.29, 1.82) is 0 Å². The van der Waals surface area contributed by atoms with Crippen molar-refractivity contribution in [2.75, 3.05) is 27.3 Å². The second kappa shape index (κ2) is 7.29. The number of ether oxygens (including phenoxy) is 2. The van der Waals surface area contributed by atoms with Crippen LogP contribution in [0.15, 0.2) is 29.6 Å². The Bertz CT molecular complexity index is 791. The summed E-state index contributed by atoms with van der Waals surface area (Å²) < 4.78 is 11.0. The molecule has 0 spiro atoms. The van der Waals surface area contributed by atoms with Crippen LogP contribution in [0.25, 0.3) is 0 Å². The quantitative estimate of drug-likeness (QED) is 0.877. The summed E-state index contributed by atoms with van der Waals surface area (Å²) in [5.74, 6) is 1.72. The van der Waals surface area contributed by atoms with E-state index in [1.165, 1.54) is 16.0 Å². The number of rotatable bonds is 5. The Morgan fingerprint density at radius 3 is 2.69 bits per heavy atom. The SMILES string of the molecule is COc1cc2c(cc1OC)[C@@H](c1cccs1)N(C[C@@H]1CCC(=O)N1)CC2. The summed E-state index contributed by atoms with van der Waals surface area (Å²) in [7, 11) is 3.36. The highest BCUT2D eigenvalue weighted by Gasteiger charge is 2.33. The maximum absolute atomic E-state index is 11.6. The Morgan fingerprint density at radius 1 is 1.23 bits per heavy atom. The number of carbonyl (C=O) groups is 1. The number of fused-ring (bicyclic) bond motifs is 1. The lowest BCUT2D eigenvalue weighted by Crippen LogP contribution is -2.43. The predicted molar refractivity (Wildman–Crippen MR) is 102 cm³/mol. The summed E-state index contributed by atoms with van der Waals surface area (Å²) in [6, 6.07) is 8.97. The Balaban J connectivity index is 1.71. The van der Waals surface area contributed by atoms with E-state index in [1.54, 1.807) is 25.6 Å². The van der Waals surface area contributed by atoms with Crippen molar-refractivity contribution in [1.82, 2.24) is 10.2 Å². The zero-order chi connectivity index (χ0) is 18.1. The Morgan fingerprint density at radius 2 is 2.04 bits per heavy atom. The van der Waals surface area contributed by atoms with Gasteiger partial charge in [-0.25, -0.2) is 0 Å². The Hall–Kier alpha value is -2.05. The largest absolute Gasteiger partial charge is 0.493 e. The van der Waals surface area contributed by atoms with Gasteiger partial charge in [-0.05, 0) is 47.5 Å². The predicted octanol–water partition coefficient (Wildman–Crippen LogP) is 2.99. The minimum absolute atomic E-state index is 0.173. The molecule has 1 saturated heterocycles. The highest BCUT2D eigenvalue weighted by atomic mass is 32.1. The van der Waals surface area contributed by atoms with Gasteiger partial charge in [0.25, 0.3) is 0 Å². The first-order valence-corrected chi connectivity index (χ1v) is 9.89. The average Bonchev–Trinajstić information content (AvgIpc) is 3.32. The van der Waals surface area contributed by atoms with Gasteiger partial charge in [-0.15, -0.1) is 11.3 Å². The molecule has 1 aromatic carbocycles. The fourth-order valence-corrected chi connectivity index (χ4v) is 4.95. The van der Waals surface area contributed by atoms with Gasteiger partial charge < -0.3 is 14.8 Å². The second-order valence-electron chi connectivity index (χ2n) is 6.87. The molecule has 5 nitrogen and oxygen atoms in total. The van der Waals surface area contributed by atoms with E-state index in [0.29, 0.717) is 6.42 Å². The molecule has 26 heavy (non-hydrogen) atoms. The van der Waals surface area contributed by atoms with Crippen LogP contribution >= 0.6 is 11.3 Å². The summed E-state index contributed by atoms with van der Waals surface area (Å²) in [5, 5.41) is 5.23. The van der Waals surface area contributed by atoms with Gasteiger partial charge in [0.1, 0.15) is 0 Å². The van der Waals surface area contributed by atoms with Crippen LogP contribution in [0.3, 0.4) is 0 Å². The van der Waals surface area contributed by atoms with E-state index < -0.39 is 0 Å². The van der Waals surface area contributed by atoms with Gasteiger partial charge in [-0.2, -0.15) is 0 Å². The van der Waals surface area contributed by atoms with E-state index in [1.807, 2.05) is 0 Å². The number of amides is 1. The van der Waals surface area contributed by atoms with E-state index >= 15 is 0 Å². The molecule has 2 aliphatic rings. The minimum Gasteiger partial charge on any atom is -0.493 e. The minimum atomic E-state index is 0.173. The van der Waals surface area contributed by atoms with Gasteiger partial charge in [0.15, 0.2) is 11.5 Å². The van der Waals surface area contributed by atoms with Crippen molar-refractivity contribution < 1.29 is 14.3 Å². The molecule has 1 amide bonds. The zero-order valence-electron chi connectivity index (χ0n) is 15.2. The first-order valence-electron chi connectivity index (χ1n) is 9.01. The normalized spacial score (nSPS) is 22.8. The topological polar surface area (TPSA) is 50.8 Å². The summed E-state index contributed by atoms with van der Waals surface area (Å²) in [6.07, 6.45) is 2.54. The number of nitrogens with zero attached hydrogens (tertiary/aromatic N) is 1. The summed E-state index contributed by atoms with van der Waals surface area (Å²) in [5.41, 5.74) is 2.59. The fourth-order valence-electron chi connectivity index (χ4n) is 4.07. The van der Waals surface area contributed by atoms with Crippen molar-refractivity contribution >= 4 is 17.2 Å². The first-order chi connectivity index (χ1) is 12.7. The number of benzene rings is 1. The van der Waals surface area contributed by atoms with E-state index in [2.05, 4.69) is 39.9 Å². The molecule has 0 bridgehead atoms. The van der Waals surface area contributed by atoms with E-state index in [4.69, 9.17) is 9.47 Å². The van der Waals surface area contributed by atoms with Crippen LogP contribution in [0, 0.1) is 0 Å². The molecule has 2 atom stereocenters. The van der Waals surface area contributed by atoms with Crippen molar-refractivity contribution in [2.45, 2.75) is 31.3 Å². The maximum atomic E-state index is 11.6. The average molecular weight is 372 g/mol. The number of methoxy groups -OCH3 is 2. The highest BCUT2D eigenvalue weighted by Crippen LogP contribution is 2.42. The molecule has 0 aliphatic carbocycles. The summed E-state index contributed by atoms with van der Waals surface area (Å²) in [6.45, 7) is 1.85. The number of nitrogens with one attached hydrogen (secondary N) is 1. The monoisotopic (exact) mass is 372 g/mol. The lowest BCUT2D eigenvalue weighted by molar-refractivity contribution is -0.119. The van der Waals surface area contributed by atoms with Gasteiger partial charge in [0, 0.05) is 30.4 Å². The van der Waals surface area contributed by atoms with E-state index in [9.17, 15) is 4.79 Å². The molecule has 6 heteroatoms. The smallest absolute Gasteiger partial charge is 0.220 e. The van der Waals surface area contributed by atoms with Crippen LogP contribution in [0.4, 0.5) is 0 Å². The van der Waals surface area contributed by atoms with E-state index in [-0.39, 0.29) is 18.0 Å². The third-order valence-electron chi connectivity index (χ3n) is 5.33. The highest BCUT2D eigenvalue weighted by molar-refractivity contribution is 7.10. The first kappa shape index (κ1) is 17.4. The molecule has 1 fully saturated rings. The van der Waals surface area contributed by atoms with Crippen LogP contribution in [-0.4, -0.2) is 44.2 Å². The molecule has 0 saturated carbocycles. The molecule has 4 rings (SSSR count). The maximum Gasteiger partial charge on any atom is 0.220 e. The summed E-state index contributed by atoms with van der Waals surface area (Å²) in [4.78, 5) is 15.4. The molecule has 0 unspecified atom stereocenters.